The summed E-state index contributed by atoms with van der Waals surface area (Å²) in [6, 6.07) is 3.11. The Hall–Kier alpha value is -3.65. The largest absolute Gasteiger partial charge is 0.411 e. The maximum absolute atomic E-state index is 14.3. The first-order chi connectivity index (χ1) is 16.7. The Balaban J connectivity index is 0.000000431. The third-order valence-corrected chi connectivity index (χ3v) is 5.96. The predicted molar refractivity (Wildman–Crippen MR) is 119 cm³/mol. The van der Waals surface area contributed by atoms with Gasteiger partial charge in [-0.3, -0.25) is 19.6 Å². The Labute approximate surface area is 199 Å². The molecule has 0 aliphatic heterocycles. The number of rotatable bonds is 5. The monoisotopic (exact) mass is 509 g/mol. The van der Waals surface area contributed by atoms with Crippen molar-refractivity contribution in [3.05, 3.63) is 53.8 Å². The third-order valence-electron chi connectivity index (χ3n) is 5.07. The zero-order chi connectivity index (χ0) is 25.0. The number of thiazole rings is 1. The first-order valence-electron chi connectivity index (χ1n) is 10.4. The first kappa shape index (κ1) is 24.5. The summed E-state index contributed by atoms with van der Waals surface area (Å²) in [7, 11) is 0. The Morgan fingerprint density at radius 1 is 1.31 bits per heavy atom. The number of nitrogens with one attached hydrogen (secondary N) is 2. The predicted octanol–water partition coefficient (Wildman–Crippen LogP) is 4.45. The van der Waals surface area contributed by atoms with Crippen molar-refractivity contribution in [2.24, 2.45) is 0 Å². The number of H-pyrrole nitrogens is 1. The second-order valence-electron chi connectivity index (χ2n) is 7.54. The number of nitrogens with zero attached hydrogens (tertiary/aromatic N) is 5. The molecule has 1 saturated carbocycles. The van der Waals surface area contributed by atoms with Crippen LogP contribution >= 0.6 is 11.3 Å². The molecule has 184 valence electrons. The van der Waals surface area contributed by atoms with Crippen LogP contribution in [0.25, 0.3) is 22.0 Å². The molecule has 14 heteroatoms. The van der Waals surface area contributed by atoms with E-state index in [0.717, 1.165) is 24.8 Å². The maximum Gasteiger partial charge on any atom is 0.411 e. The maximum atomic E-state index is 14.3. The molecule has 4 heterocycles. The summed E-state index contributed by atoms with van der Waals surface area (Å²) in [4.78, 5) is 21.3. The average Bonchev–Trinajstić information content (AvgIpc) is 3.54. The van der Waals surface area contributed by atoms with E-state index in [1.807, 2.05) is 0 Å². The van der Waals surface area contributed by atoms with Crippen LogP contribution in [0.5, 0.6) is 0 Å². The number of aliphatic hydroxyl groups is 1. The highest BCUT2D eigenvalue weighted by Crippen LogP contribution is 2.35. The van der Waals surface area contributed by atoms with Gasteiger partial charge in [0.1, 0.15) is 28.7 Å². The van der Waals surface area contributed by atoms with Gasteiger partial charge in [0.15, 0.2) is 5.82 Å². The van der Waals surface area contributed by atoms with E-state index in [9.17, 15) is 22.4 Å². The number of halogens is 4. The fourth-order valence-electron chi connectivity index (χ4n) is 3.12. The van der Waals surface area contributed by atoms with Crippen LogP contribution in [0, 0.1) is 5.82 Å². The summed E-state index contributed by atoms with van der Waals surface area (Å²) >= 11 is 1.35. The van der Waals surface area contributed by atoms with E-state index >= 15 is 0 Å². The molecule has 0 spiro atoms. The van der Waals surface area contributed by atoms with Gasteiger partial charge in [0.2, 0.25) is 0 Å². The second-order valence-corrected chi connectivity index (χ2v) is 8.40. The number of carbonyl (C=O) groups excluding carboxylic acids is 1. The van der Waals surface area contributed by atoms with Crippen LogP contribution in [0.4, 0.5) is 23.2 Å². The van der Waals surface area contributed by atoms with E-state index in [1.54, 1.807) is 28.7 Å². The molecule has 1 aliphatic carbocycles. The average molecular weight is 509 g/mol. The van der Waals surface area contributed by atoms with E-state index < -0.39 is 18.6 Å². The second kappa shape index (κ2) is 10.3. The van der Waals surface area contributed by atoms with E-state index in [2.05, 4.69) is 30.6 Å². The Kier molecular flexibility index (Phi) is 7.21. The van der Waals surface area contributed by atoms with Gasteiger partial charge in [-0.1, -0.05) is 0 Å². The molecule has 0 atom stereocenters. The quantitative estimate of drug-likeness (QED) is 0.342. The Morgan fingerprint density at radius 3 is 2.69 bits per heavy atom. The molecule has 0 saturated heterocycles. The van der Waals surface area contributed by atoms with Crippen molar-refractivity contribution in [1.82, 2.24) is 29.9 Å². The summed E-state index contributed by atoms with van der Waals surface area (Å²) < 4.78 is 47.7. The molecule has 35 heavy (non-hydrogen) atoms. The zero-order valence-corrected chi connectivity index (χ0v) is 18.8. The lowest BCUT2D eigenvalue weighted by molar-refractivity contribution is -0.159. The lowest BCUT2D eigenvalue weighted by atomic mass is 9.93. The van der Waals surface area contributed by atoms with Crippen LogP contribution in [0.3, 0.4) is 0 Å². The van der Waals surface area contributed by atoms with Crippen molar-refractivity contribution in [2.45, 2.75) is 31.5 Å². The van der Waals surface area contributed by atoms with Gasteiger partial charge in [-0.25, -0.2) is 9.37 Å². The van der Waals surface area contributed by atoms with Crippen molar-refractivity contribution in [3.63, 3.8) is 0 Å². The highest BCUT2D eigenvalue weighted by atomic mass is 32.1. The SMILES string of the molecule is O=C(Nc1cn(C2CCC2)nc1-c1ncccc1F)c1csc(-c2cn[nH]c2)n1.OCC(F)(F)F. The molecule has 4 aromatic rings. The number of aliphatic hydroxyl groups excluding tert-OH is 1. The number of alkyl halides is 3. The number of hydrogen-bond donors (Lipinski definition) is 3. The van der Waals surface area contributed by atoms with Crippen molar-refractivity contribution in [2.75, 3.05) is 11.9 Å². The van der Waals surface area contributed by atoms with Gasteiger partial charge in [0.25, 0.3) is 5.91 Å². The fraction of sp³-hybridized carbons (Fsp3) is 0.286. The minimum atomic E-state index is -4.40. The number of carbonyl (C=O) groups is 1. The number of pyridine rings is 1. The molecule has 3 N–H and O–H groups in total. The zero-order valence-electron chi connectivity index (χ0n) is 18.0. The summed E-state index contributed by atoms with van der Waals surface area (Å²) in [6.07, 6.45) is 5.36. The summed E-state index contributed by atoms with van der Waals surface area (Å²) in [5, 5.41) is 23.6. The van der Waals surface area contributed by atoms with Crippen LogP contribution in [0.15, 0.2) is 42.3 Å². The first-order valence-corrected chi connectivity index (χ1v) is 11.3. The standard InChI is InChI=1S/C19H16FN7OS.C2H3F3O/c20-13-5-2-6-21-16(13)17-14(9-27(26-17)12-3-1-4-12)24-18(28)15-10-29-19(25-15)11-7-22-23-8-11;3-2(4,5)1-6/h2,5-10,12H,1,3-4H2,(H,22,23)(H,24,28);6H,1H2. The van der Waals surface area contributed by atoms with Crippen molar-refractivity contribution < 1.29 is 27.5 Å². The third kappa shape index (κ3) is 5.89. The normalized spacial score (nSPS) is 13.6. The lowest BCUT2D eigenvalue weighted by Gasteiger charge is -2.25. The molecule has 1 fully saturated rings. The van der Waals surface area contributed by atoms with Crippen LogP contribution in [-0.2, 0) is 0 Å². The van der Waals surface area contributed by atoms with Gasteiger partial charge in [-0.15, -0.1) is 11.3 Å². The summed E-state index contributed by atoms with van der Waals surface area (Å²) in [6.45, 7) is -1.73. The van der Waals surface area contributed by atoms with Gasteiger partial charge in [-0.05, 0) is 31.4 Å². The Morgan fingerprint density at radius 2 is 2.09 bits per heavy atom. The van der Waals surface area contributed by atoms with E-state index in [-0.39, 0.29) is 23.3 Å². The molecular weight excluding hydrogens is 490 g/mol. The van der Waals surface area contributed by atoms with Gasteiger partial charge in [0.05, 0.1) is 17.9 Å². The highest BCUT2D eigenvalue weighted by Gasteiger charge is 2.26. The van der Waals surface area contributed by atoms with Crippen molar-refractivity contribution >= 4 is 22.9 Å². The number of hydrogen-bond acceptors (Lipinski definition) is 7. The van der Waals surface area contributed by atoms with E-state index in [1.165, 1.54) is 29.7 Å². The highest BCUT2D eigenvalue weighted by molar-refractivity contribution is 7.13. The van der Waals surface area contributed by atoms with Gasteiger partial charge < -0.3 is 10.4 Å². The molecule has 0 radical (unpaired) electrons. The number of amides is 1. The lowest BCUT2D eigenvalue weighted by Crippen LogP contribution is -2.17. The Bertz CT molecular complexity index is 1280. The number of aromatic amines is 1. The molecule has 5 rings (SSSR count). The smallest absolute Gasteiger partial charge is 0.387 e. The molecule has 0 bridgehead atoms. The summed E-state index contributed by atoms with van der Waals surface area (Å²) in [5.41, 5.74) is 1.92. The van der Waals surface area contributed by atoms with Crippen LogP contribution in [-0.4, -0.2) is 53.7 Å². The van der Waals surface area contributed by atoms with E-state index in [0.29, 0.717) is 16.4 Å². The van der Waals surface area contributed by atoms with E-state index in [4.69, 9.17) is 5.11 Å². The van der Waals surface area contributed by atoms with Crippen molar-refractivity contribution in [1.29, 1.82) is 0 Å². The van der Waals surface area contributed by atoms with Crippen LogP contribution < -0.4 is 5.32 Å². The molecule has 1 aliphatic rings. The van der Waals surface area contributed by atoms with Crippen LogP contribution in [0.2, 0.25) is 0 Å². The molecule has 1 amide bonds. The number of aromatic nitrogens is 6. The van der Waals surface area contributed by atoms with Gasteiger partial charge in [0, 0.05) is 29.5 Å². The molecule has 4 aromatic heterocycles. The fourth-order valence-corrected chi connectivity index (χ4v) is 3.90. The van der Waals surface area contributed by atoms with Gasteiger partial charge >= 0.3 is 6.18 Å². The minimum absolute atomic E-state index is 0.109. The molecule has 9 nitrogen and oxygen atoms in total. The molecule has 0 unspecified atom stereocenters. The minimum Gasteiger partial charge on any atom is -0.387 e. The topological polar surface area (TPSA) is 122 Å². The van der Waals surface area contributed by atoms with Crippen LogP contribution in [0.1, 0.15) is 35.8 Å². The van der Waals surface area contributed by atoms with Crippen molar-refractivity contribution in [3.8, 4) is 22.0 Å². The van der Waals surface area contributed by atoms with Gasteiger partial charge in [-0.2, -0.15) is 23.4 Å². The molecule has 0 aromatic carbocycles. The molecular formula is C21H19F4N7O2S. The summed E-state index contributed by atoms with van der Waals surface area (Å²) in [5.74, 6) is -0.875. The number of anilines is 1.